The lowest BCUT2D eigenvalue weighted by Crippen LogP contribution is -2.35. The van der Waals surface area contributed by atoms with Gasteiger partial charge in [0.25, 0.3) is 11.7 Å². The number of hydrogen-bond acceptors (Lipinski definition) is 5. The van der Waals surface area contributed by atoms with Crippen LogP contribution in [0.15, 0.2) is 54.1 Å². The molecule has 0 saturated carbocycles. The molecule has 1 saturated heterocycles. The van der Waals surface area contributed by atoms with Crippen LogP contribution in [0.5, 0.6) is 5.75 Å². The zero-order chi connectivity index (χ0) is 22.5. The van der Waals surface area contributed by atoms with Gasteiger partial charge in [-0.05, 0) is 62.5 Å². The minimum Gasteiger partial charge on any atom is -0.507 e. The molecule has 1 aliphatic heterocycles. The van der Waals surface area contributed by atoms with Crippen molar-refractivity contribution in [1.82, 2.24) is 9.80 Å². The number of likely N-dealkylation sites (N-methyl/N-ethyl adjacent to an activating group) is 1. The molecule has 0 aromatic heterocycles. The van der Waals surface area contributed by atoms with Crippen LogP contribution < -0.4 is 4.74 Å². The Balaban J connectivity index is 2.11. The van der Waals surface area contributed by atoms with Gasteiger partial charge in [-0.1, -0.05) is 19.1 Å². The number of aliphatic hydroxyl groups excluding tert-OH is 1. The number of halogens is 1. The van der Waals surface area contributed by atoms with Crippen molar-refractivity contribution < 1.29 is 23.8 Å². The van der Waals surface area contributed by atoms with Gasteiger partial charge in [0, 0.05) is 18.7 Å². The molecular formula is C24H27FN2O4. The number of benzene rings is 2. The quantitative estimate of drug-likeness (QED) is 0.397. The molecule has 0 aliphatic carbocycles. The largest absolute Gasteiger partial charge is 0.507 e. The lowest BCUT2D eigenvalue weighted by atomic mass is 9.95. The van der Waals surface area contributed by atoms with Crippen LogP contribution >= 0.6 is 0 Å². The molecule has 0 unspecified atom stereocenters. The summed E-state index contributed by atoms with van der Waals surface area (Å²) >= 11 is 0. The summed E-state index contributed by atoms with van der Waals surface area (Å²) in [5, 5.41) is 11.0. The number of aliphatic hydroxyl groups is 1. The summed E-state index contributed by atoms with van der Waals surface area (Å²) in [6.45, 7) is 3.40. The highest BCUT2D eigenvalue weighted by atomic mass is 19.1. The Hall–Kier alpha value is -3.19. The van der Waals surface area contributed by atoms with Crippen LogP contribution in [0.25, 0.3) is 5.76 Å². The van der Waals surface area contributed by atoms with Gasteiger partial charge in [-0.25, -0.2) is 4.39 Å². The van der Waals surface area contributed by atoms with Crippen molar-refractivity contribution in [1.29, 1.82) is 0 Å². The zero-order valence-corrected chi connectivity index (χ0v) is 18.0. The van der Waals surface area contributed by atoms with E-state index >= 15 is 0 Å². The van der Waals surface area contributed by atoms with Gasteiger partial charge in [0.1, 0.15) is 17.3 Å². The van der Waals surface area contributed by atoms with E-state index in [1.54, 1.807) is 18.2 Å². The van der Waals surface area contributed by atoms with E-state index < -0.39 is 23.5 Å². The Labute approximate surface area is 181 Å². The first-order valence-corrected chi connectivity index (χ1v) is 10.2. The molecule has 2 aromatic carbocycles. The monoisotopic (exact) mass is 426 g/mol. The number of nitrogens with zero attached hydrogens (tertiary/aromatic N) is 2. The predicted molar refractivity (Wildman–Crippen MR) is 116 cm³/mol. The van der Waals surface area contributed by atoms with E-state index in [4.69, 9.17) is 4.74 Å². The standard InChI is InChI=1S/C24H27FN2O4/c1-4-14-31-19-7-5-6-17(15-19)21-20(22(28)16-8-10-18(25)11-9-16)23(29)24(30)27(21)13-12-26(2)3/h5-11,15,21,28H,4,12-14H2,1-3H3/t21-/m1/s1. The molecule has 1 N–H and O–H groups in total. The summed E-state index contributed by atoms with van der Waals surface area (Å²) in [4.78, 5) is 29.2. The zero-order valence-electron chi connectivity index (χ0n) is 18.0. The van der Waals surface area contributed by atoms with Crippen LogP contribution in [-0.2, 0) is 9.59 Å². The fraction of sp³-hybridized carbons (Fsp3) is 0.333. The highest BCUT2D eigenvalue weighted by Gasteiger charge is 2.46. The molecule has 1 aliphatic rings. The summed E-state index contributed by atoms with van der Waals surface area (Å²) in [6.07, 6.45) is 0.843. The maximum atomic E-state index is 13.3. The van der Waals surface area contributed by atoms with Gasteiger partial charge in [0.05, 0.1) is 18.2 Å². The number of rotatable bonds is 8. The first kappa shape index (κ1) is 22.5. The Bertz CT molecular complexity index is 985. The summed E-state index contributed by atoms with van der Waals surface area (Å²) < 4.78 is 19.1. The third kappa shape index (κ3) is 4.94. The van der Waals surface area contributed by atoms with Crippen LogP contribution in [0.1, 0.15) is 30.5 Å². The molecule has 6 nitrogen and oxygen atoms in total. The Morgan fingerprint density at radius 1 is 1.16 bits per heavy atom. The highest BCUT2D eigenvalue weighted by Crippen LogP contribution is 2.40. The van der Waals surface area contributed by atoms with Gasteiger partial charge in [-0.3, -0.25) is 9.59 Å². The van der Waals surface area contributed by atoms with Crippen LogP contribution in [0.3, 0.4) is 0 Å². The molecule has 1 heterocycles. The van der Waals surface area contributed by atoms with Gasteiger partial charge in [-0.2, -0.15) is 0 Å². The normalized spacial score (nSPS) is 18.1. The summed E-state index contributed by atoms with van der Waals surface area (Å²) in [5.41, 5.74) is 0.925. The SMILES string of the molecule is CCCOc1cccc([C@@H]2C(=C(O)c3ccc(F)cc3)C(=O)C(=O)N2CCN(C)C)c1. The molecule has 2 aromatic rings. The maximum Gasteiger partial charge on any atom is 0.295 e. The minimum absolute atomic E-state index is 0.0111. The third-order valence-electron chi connectivity index (χ3n) is 5.09. The van der Waals surface area contributed by atoms with Crippen LogP contribution in [0, 0.1) is 5.82 Å². The second-order valence-electron chi connectivity index (χ2n) is 7.72. The second-order valence-corrected chi connectivity index (χ2v) is 7.72. The molecule has 7 heteroatoms. The molecule has 1 amide bonds. The number of Topliss-reactive ketones (excluding diaryl/α,β-unsaturated/α-hetero) is 1. The van der Waals surface area contributed by atoms with E-state index in [1.807, 2.05) is 32.0 Å². The Kier molecular flexibility index (Phi) is 7.07. The first-order valence-electron chi connectivity index (χ1n) is 10.2. The molecule has 0 spiro atoms. The van der Waals surface area contributed by atoms with E-state index in [9.17, 15) is 19.1 Å². The fourth-order valence-corrected chi connectivity index (χ4v) is 3.52. The lowest BCUT2D eigenvalue weighted by molar-refractivity contribution is -0.140. The molecule has 1 fully saturated rings. The molecule has 0 bridgehead atoms. The van der Waals surface area contributed by atoms with Crippen molar-refractivity contribution in [3.8, 4) is 5.75 Å². The smallest absolute Gasteiger partial charge is 0.295 e. The second kappa shape index (κ2) is 9.75. The molecule has 1 atom stereocenters. The molecule has 164 valence electrons. The van der Waals surface area contributed by atoms with E-state index in [0.717, 1.165) is 6.42 Å². The first-order chi connectivity index (χ1) is 14.8. The molecule has 0 radical (unpaired) electrons. The van der Waals surface area contributed by atoms with Gasteiger partial charge in [0.15, 0.2) is 0 Å². The molecule has 3 rings (SSSR count). The summed E-state index contributed by atoms with van der Waals surface area (Å²) in [6, 6.07) is 11.6. The van der Waals surface area contributed by atoms with Crippen molar-refractivity contribution in [3.05, 3.63) is 71.0 Å². The number of likely N-dealkylation sites (tertiary alicyclic amines) is 1. The minimum atomic E-state index is -0.768. The number of amides is 1. The van der Waals surface area contributed by atoms with Gasteiger partial charge in [0.2, 0.25) is 0 Å². The summed E-state index contributed by atoms with van der Waals surface area (Å²) in [7, 11) is 3.76. The molecule has 31 heavy (non-hydrogen) atoms. The van der Waals surface area contributed by atoms with Gasteiger partial charge < -0.3 is 19.6 Å². The third-order valence-corrected chi connectivity index (χ3v) is 5.09. The Morgan fingerprint density at radius 3 is 2.52 bits per heavy atom. The van der Waals surface area contributed by atoms with Crippen molar-refractivity contribution in [2.75, 3.05) is 33.8 Å². The molecular weight excluding hydrogens is 399 g/mol. The average Bonchev–Trinajstić information content (AvgIpc) is 3.01. The van der Waals surface area contributed by atoms with E-state index in [-0.39, 0.29) is 16.9 Å². The topological polar surface area (TPSA) is 70.1 Å². The predicted octanol–water partition coefficient (Wildman–Crippen LogP) is 3.60. The van der Waals surface area contributed by atoms with E-state index in [0.29, 0.717) is 31.0 Å². The number of carbonyl (C=O) groups excluding carboxylic acids is 2. The van der Waals surface area contributed by atoms with E-state index in [2.05, 4.69) is 0 Å². The number of carbonyl (C=O) groups is 2. The van der Waals surface area contributed by atoms with Crippen molar-refractivity contribution in [3.63, 3.8) is 0 Å². The van der Waals surface area contributed by atoms with E-state index in [1.165, 1.54) is 29.2 Å². The highest BCUT2D eigenvalue weighted by molar-refractivity contribution is 6.46. The maximum absolute atomic E-state index is 13.3. The van der Waals surface area contributed by atoms with Gasteiger partial charge >= 0.3 is 0 Å². The van der Waals surface area contributed by atoms with Crippen LogP contribution in [0.4, 0.5) is 4.39 Å². The fourth-order valence-electron chi connectivity index (χ4n) is 3.52. The number of ketones is 1. The number of ether oxygens (including phenoxy) is 1. The average molecular weight is 426 g/mol. The van der Waals surface area contributed by atoms with Crippen molar-refractivity contribution >= 4 is 17.4 Å². The van der Waals surface area contributed by atoms with Crippen LogP contribution in [0.2, 0.25) is 0 Å². The summed E-state index contributed by atoms with van der Waals surface area (Å²) in [5.74, 6) is -1.59. The lowest BCUT2D eigenvalue weighted by Gasteiger charge is -2.27. The van der Waals surface area contributed by atoms with Crippen molar-refractivity contribution in [2.45, 2.75) is 19.4 Å². The Morgan fingerprint density at radius 2 is 1.87 bits per heavy atom. The van der Waals surface area contributed by atoms with Gasteiger partial charge in [-0.15, -0.1) is 0 Å². The number of hydrogen-bond donors (Lipinski definition) is 1. The van der Waals surface area contributed by atoms with Crippen molar-refractivity contribution in [2.24, 2.45) is 0 Å². The van der Waals surface area contributed by atoms with Crippen LogP contribution in [-0.4, -0.2) is 60.4 Å².